The lowest BCUT2D eigenvalue weighted by atomic mass is 10.0. The number of aromatic nitrogens is 2. The molecular formula is C15H12F3N3O4. The molecule has 0 radical (unpaired) electrons. The quantitative estimate of drug-likeness (QED) is 0.648. The maximum absolute atomic E-state index is 12.9. The molecule has 0 fully saturated rings. The average molecular weight is 355 g/mol. The van der Waals surface area contributed by atoms with Gasteiger partial charge in [0.2, 0.25) is 5.75 Å². The van der Waals surface area contributed by atoms with E-state index in [1.165, 1.54) is 6.07 Å². The maximum atomic E-state index is 12.9. The largest absolute Gasteiger partial charge is 0.501 e. The van der Waals surface area contributed by atoms with Crippen molar-refractivity contribution in [3.63, 3.8) is 0 Å². The van der Waals surface area contributed by atoms with Crippen LogP contribution in [0.5, 0.6) is 5.75 Å². The molecule has 132 valence electrons. The Morgan fingerprint density at radius 3 is 2.64 bits per heavy atom. The Labute approximate surface area is 137 Å². The lowest BCUT2D eigenvalue weighted by Crippen LogP contribution is -2.33. The molecule has 0 saturated carbocycles. The number of halogens is 3. The highest BCUT2D eigenvalue weighted by Crippen LogP contribution is 2.37. The predicted molar refractivity (Wildman–Crippen MR) is 79.3 cm³/mol. The van der Waals surface area contributed by atoms with Crippen molar-refractivity contribution in [3.05, 3.63) is 61.4 Å². The van der Waals surface area contributed by atoms with E-state index in [0.717, 1.165) is 12.1 Å². The van der Waals surface area contributed by atoms with Gasteiger partial charge < -0.3 is 10.4 Å². The molecule has 1 aromatic carbocycles. The maximum Gasteiger partial charge on any atom is 0.416 e. The van der Waals surface area contributed by atoms with Crippen molar-refractivity contribution in [2.75, 3.05) is 0 Å². The Morgan fingerprint density at radius 2 is 1.96 bits per heavy atom. The first-order chi connectivity index (χ1) is 11.7. The number of aryl methyl sites for hydroxylation is 1. The molecule has 1 aliphatic carbocycles. The molecule has 7 nitrogen and oxygen atoms in total. The van der Waals surface area contributed by atoms with E-state index >= 15 is 0 Å². The zero-order valence-electron chi connectivity index (χ0n) is 12.5. The highest BCUT2D eigenvalue weighted by Gasteiger charge is 2.34. The summed E-state index contributed by atoms with van der Waals surface area (Å²) >= 11 is 0. The van der Waals surface area contributed by atoms with E-state index in [0.29, 0.717) is 24.0 Å². The molecule has 1 aromatic heterocycles. The number of H-pyrrole nitrogens is 2. The zero-order chi connectivity index (χ0) is 18.4. The minimum absolute atomic E-state index is 0.315. The number of hydrogen-bond donors (Lipinski definition) is 4. The minimum Gasteiger partial charge on any atom is -0.501 e. The van der Waals surface area contributed by atoms with Gasteiger partial charge in [-0.3, -0.25) is 19.6 Å². The smallest absolute Gasteiger partial charge is 0.416 e. The highest BCUT2D eigenvalue weighted by molar-refractivity contribution is 5.94. The molecule has 1 aliphatic rings. The van der Waals surface area contributed by atoms with Crippen LogP contribution in [0.15, 0.2) is 27.8 Å². The molecular weight excluding hydrogens is 343 g/mol. The number of fused-ring (bicyclic) bond motifs is 1. The van der Waals surface area contributed by atoms with E-state index in [2.05, 4.69) is 5.32 Å². The van der Waals surface area contributed by atoms with E-state index in [4.69, 9.17) is 0 Å². The number of hydrogen-bond acceptors (Lipinski definition) is 4. The van der Waals surface area contributed by atoms with E-state index in [9.17, 15) is 32.7 Å². The monoisotopic (exact) mass is 355 g/mol. The van der Waals surface area contributed by atoms with Gasteiger partial charge in [-0.25, -0.2) is 4.79 Å². The Morgan fingerprint density at radius 1 is 1.24 bits per heavy atom. The summed E-state index contributed by atoms with van der Waals surface area (Å²) in [6.07, 6.45) is -3.69. The fourth-order valence-electron chi connectivity index (χ4n) is 2.80. The second kappa shape index (κ2) is 5.80. The van der Waals surface area contributed by atoms with Crippen LogP contribution in [0.3, 0.4) is 0 Å². The molecule has 10 heteroatoms. The molecule has 1 atom stereocenters. The summed E-state index contributed by atoms with van der Waals surface area (Å²) in [5.41, 5.74) is -2.62. The summed E-state index contributed by atoms with van der Waals surface area (Å²) < 4.78 is 38.6. The molecule has 1 unspecified atom stereocenters. The van der Waals surface area contributed by atoms with Gasteiger partial charge in [0, 0.05) is 0 Å². The predicted octanol–water partition coefficient (Wildman–Crippen LogP) is 1.20. The fourth-order valence-corrected chi connectivity index (χ4v) is 2.80. The van der Waals surface area contributed by atoms with Crippen LogP contribution in [0.1, 0.15) is 39.6 Å². The first kappa shape index (κ1) is 16.8. The van der Waals surface area contributed by atoms with Crippen molar-refractivity contribution in [1.82, 2.24) is 15.3 Å². The summed E-state index contributed by atoms with van der Waals surface area (Å²) in [6, 6.07) is 2.57. The molecule has 4 N–H and O–H groups in total. The van der Waals surface area contributed by atoms with Crippen molar-refractivity contribution < 1.29 is 23.1 Å². The van der Waals surface area contributed by atoms with Gasteiger partial charge in [-0.05, 0) is 36.1 Å². The second-order valence-corrected chi connectivity index (χ2v) is 5.61. The number of benzene rings is 1. The van der Waals surface area contributed by atoms with Crippen LogP contribution in [0.25, 0.3) is 0 Å². The summed E-state index contributed by atoms with van der Waals surface area (Å²) in [7, 11) is 0. The molecule has 0 bridgehead atoms. The summed E-state index contributed by atoms with van der Waals surface area (Å²) in [6.45, 7) is 0. The second-order valence-electron chi connectivity index (χ2n) is 5.61. The molecule has 3 rings (SSSR count). The van der Waals surface area contributed by atoms with Crippen molar-refractivity contribution in [3.8, 4) is 5.75 Å². The van der Waals surface area contributed by atoms with Crippen LogP contribution in [0.2, 0.25) is 0 Å². The molecule has 25 heavy (non-hydrogen) atoms. The summed E-state index contributed by atoms with van der Waals surface area (Å²) in [4.78, 5) is 38.5. The lowest BCUT2D eigenvalue weighted by Gasteiger charge is -2.16. The lowest BCUT2D eigenvalue weighted by molar-refractivity contribution is -0.137. The van der Waals surface area contributed by atoms with Gasteiger partial charge in [-0.2, -0.15) is 13.2 Å². The number of carbonyl (C=O) groups excluding carboxylic acids is 1. The standard InChI is InChI=1S/C15H12F3N3O4/c16-15(17,18)7-3-1-6-2-4-9(8(6)5-7)19-12(23)10-11(22)13(24)21-14(25)20-10/h1,3,5,9,22H,2,4H2,(H,19,23)(H2,20,21,24,25). The topological polar surface area (TPSA) is 115 Å². The Kier molecular flexibility index (Phi) is 3.90. The normalized spacial score (nSPS) is 16.5. The van der Waals surface area contributed by atoms with Crippen molar-refractivity contribution >= 4 is 5.91 Å². The van der Waals surface area contributed by atoms with Crippen LogP contribution in [0, 0.1) is 0 Å². The third-order valence-electron chi connectivity index (χ3n) is 4.00. The van der Waals surface area contributed by atoms with Gasteiger partial charge in [0.1, 0.15) is 0 Å². The SMILES string of the molecule is O=C(NC1CCc2ccc(C(F)(F)F)cc21)c1[nH]c(=O)[nH]c(=O)c1O. The van der Waals surface area contributed by atoms with Crippen LogP contribution in [-0.4, -0.2) is 21.0 Å². The third kappa shape index (κ3) is 3.14. The minimum atomic E-state index is -4.51. The first-order valence-corrected chi connectivity index (χ1v) is 7.23. The highest BCUT2D eigenvalue weighted by atomic mass is 19.4. The molecule has 1 heterocycles. The molecule has 0 spiro atoms. The summed E-state index contributed by atoms with van der Waals surface area (Å²) in [5, 5.41) is 12.0. The first-order valence-electron chi connectivity index (χ1n) is 7.23. The van der Waals surface area contributed by atoms with Gasteiger partial charge in [0.15, 0.2) is 5.69 Å². The van der Waals surface area contributed by atoms with Crippen molar-refractivity contribution in [2.24, 2.45) is 0 Å². The van der Waals surface area contributed by atoms with Gasteiger partial charge in [-0.15, -0.1) is 0 Å². The number of aromatic hydroxyl groups is 1. The van der Waals surface area contributed by atoms with E-state index in [1.807, 2.05) is 4.98 Å². The van der Waals surface area contributed by atoms with Gasteiger partial charge in [0.05, 0.1) is 11.6 Å². The van der Waals surface area contributed by atoms with Crippen LogP contribution < -0.4 is 16.6 Å². The number of nitrogens with one attached hydrogen (secondary N) is 3. The van der Waals surface area contributed by atoms with Gasteiger partial charge in [-0.1, -0.05) is 6.07 Å². The fraction of sp³-hybridized carbons (Fsp3) is 0.267. The number of carbonyl (C=O) groups is 1. The van der Waals surface area contributed by atoms with Crippen molar-refractivity contribution in [2.45, 2.75) is 25.1 Å². The Bertz CT molecular complexity index is 962. The van der Waals surface area contributed by atoms with Crippen LogP contribution >= 0.6 is 0 Å². The van der Waals surface area contributed by atoms with E-state index in [-0.39, 0.29) is 0 Å². The zero-order valence-corrected chi connectivity index (χ0v) is 12.5. The van der Waals surface area contributed by atoms with Crippen molar-refractivity contribution in [1.29, 1.82) is 0 Å². The molecule has 2 aromatic rings. The Hall–Kier alpha value is -3.04. The van der Waals surface area contributed by atoms with Gasteiger partial charge >= 0.3 is 11.9 Å². The van der Waals surface area contributed by atoms with Crippen LogP contribution in [0.4, 0.5) is 13.2 Å². The number of aromatic amines is 2. The number of amides is 1. The number of rotatable bonds is 2. The molecule has 0 saturated heterocycles. The van der Waals surface area contributed by atoms with E-state index in [1.54, 1.807) is 4.98 Å². The Balaban J connectivity index is 1.91. The molecule has 1 amide bonds. The summed E-state index contributed by atoms with van der Waals surface area (Å²) in [5.74, 6) is -1.93. The number of alkyl halides is 3. The van der Waals surface area contributed by atoms with Crippen LogP contribution in [-0.2, 0) is 12.6 Å². The van der Waals surface area contributed by atoms with E-state index < -0.39 is 46.4 Å². The van der Waals surface area contributed by atoms with Gasteiger partial charge in [0.25, 0.3) is 11.5 Å². The molecule has 0 aliphatic heterocycles. The average Bonchev–Trinajstić information content (AvgIpc) is 2.92. The third-order valence-corrected chi connectivity index (χ3v) is 4.00.